The Morgan fingerprint density at radius 3 is 2.31 bits per heavy atom. The van der Waals surface area contributed by atoms with Crippen LogP contribution in [0.3, 0.4) is 0 Å². The van der Waals surface area contributed by atoms with Gasteiger partial charge in [-0.2, -0.15) is 0 Å². The molecule has 6 heteroatoms. The number of benzene rings is 3. The maximum Gasteiger partial charge on any atom is 0.253 e. The van der Waals surface area contributed by atoms with Crippen LogP contribution in [-0.2, 0) is 11.2 Å². The predicted molar refractivity (Wildman–Crippen MR) is 112 cm³/mol. The van der Waals surface area contributed by atoms with Crippen LogP contribution in [0, 0.1) is 5.82 Å². The normalized spacial score (nSPS) is 10.2. The third-order valence-corrected chi connectivity index (χ3v) is 4.21. The summed E-state index contributed by atoms with van der Waals surface area (Å²) in [4.78, 5) is 24.5. The summed E-state index contributed by atoms with van der Waals surface area (Å²) in [6.07, 6.45) is 0.0928. The quantitative estimate of drug-likeness (QED) is 0.513. The minimum absolute atomic E-state index is 0.0928. The molecular weight excluding hydrogens is 369 g/mol. The van der Waals surface area contributed by atoms with Crippen molar-refractivity contribution in [2.75, 3.05) is 18.4 Å². The first kappa shape index (κ1) is 20.1. The van der Waals surface area contributed by atoms with E-state index in [4.69, 9.17) is 0 Å². The lowest BCUT2D eigenvalue weighted by molar-refractivity contribution is -0.120. The summed E-state index contributed by atoms with van der Waals surface area (Å²) in [6, 6.07) is 22.7. The van der Waals surface area contributed by atoms with Gasteiger partial charge in [0.15, 0.2) is 0 Å². The van der Waals surface area contributed by atoms with E-state index in [-0.39, 0.29) is 37.1 Å². The van der Waals surface area contributed by atoms with E-state index in [9.17, 15) is 14.0 Å². The van der Waals surface area contributed by atoms with Crippen molar-refractivity contribution < 1.29 is 14.0 Å². The molecule has 0 unspecified atom stereocenters. The van der Waals surface area contributed by atoms with Gasteiger partial charge in [0.2, 0.25) is 5.91 Å². The molecule has 3 N–H and O–H groups in total. The van der Waals surface area contributed by atoms with Gasteiger partial charge in [-0.05, 0) is 42.0 Å². The van der Waals surface area contributed by atoms with Gasteiger partial charge in [0.1, 0.15) is 5.82 Å². The van der Waals surface area contributed by atoms with Crippen LogP contribution in [0.25, 0.3) is 0 Å². The molecule has 29 heavy (non-hydrogen) atoms. The van der Waals surface area contributed by atoms with Crippen molar-refractivity contribution in [3.05, 3.63) is 95.8 Å². The van der Waals surface area contributed by atoms with E-state index in [1.165, 1.54) is 12.1 Å². The molecule has 0 aliphatic carbocycles. The van der Waals surface area contributed by atoms with Crippen molar-refractivity contribution in [2.45, 2.75) is 6.42 Å². The number of hydrogen-bond acceptors (Lipinski definition) is 3. The van der Waals surface area contributed by atoms with Crippen molar-refractivity contribution in [2.24, 2.45) is 0 Å². The number of nitrogens with one attached hydrogen (secondary N) is 3. The highest BCUT2D eigenvalue weighted by atomic mass is 19.1. The van der Waals surface area contributed by atoms with E-state index in [1.54, 1.807) is 24.3 Å². The fourth-order valence-corrected chi connectivity index (χ4v) is 2.84. The molecule has 0 aliphatic rings. The summed E-state index contributed by atoms with van der Waals surface area (Å²) < 4.78 is 13.2. The summed E-state index contributed by atoms with van der Waals surface area (Å²) in [5.41, 5.74) is 2.71. The van der Waals surface area contributed by atoms with Gasteiger partial charge in [0.25, 0.3) is 5.91 Å². The molecule has 0 radical (unpaired) electrons. The fourth-order valence-electron chi connectivity index (χ4n) is 2.84. The molecule has 0 saturated heterocycles. The second kappa shape index (κ2) is 10.0. The lowest BCUT2D eigenvalue weighted by Gasteiger charge is -2.12. The molecule has 3 rings (SSSR count). The van der Waals surface area contributed by atoms with E-state index in [0.717, 1.165) is 5.69 Å². The predicted octanol–water partition coefficient (Wildman–Crippen LogP) is 3.66. The summed E-state index contributed by atoms with van der Waals surface area (Å²) in [6.45, 7) is 0.571. The second-order valence-electron chi connectivity index (χ2n) is 6.45. The highest BCUT2D eigenvalue weighted by Gasteiger charge is 2.11. The number of amides is 2. The maximum atomic E-state index is 13.2. The van der Waals surface area contributed by atoms with Gasteiger partial charge in [-0.25, -0.2) is 4.39 Å². The van der Waals surface area contributed by atoms with Crippen LogP contribution in [0.5, 0.6) is 0 Å². The van der Waals surface area contributed by atoms with Crippen molar-refractivity contribution in [3.8, 4) is 0 Å². The van der Waals surface area contributed by atoms with Crippen molar-refractivity contribution in [1.82, 2.24) is 10.6 Å². The molecule has 3 aromatic rings. The Hall–Kier alpha value is -3.67. The first-order valence-corrected chi connectivity index (χ1v) is 9.32. The van der Waals surface area contributed by atoms with E-state index in [1.807, 2.05) is 42.5 Å². The Labute approximate surface area is 169 Å². The Morgan fingerprint density at radius 1 is 0.793 bits per heavy atom. The Kier molecular flexibility index (Phi) is 6.95. The van der Waals surface area contributed by atoms with E-state index in [2.05, 4.69) is 16.0 Å². The first-order valence-electron chi connectivity index (χ1n) is 9.32. The van der Waals surface area contributed by atoms with Crippen LogP contribution < -0.4 is 16.0 Å². The van der Waals surface area contributed by atoms with Crippen molar-refractivity contribution in [3.63, 3.8) is 0 Å². The number of para-hydroxylation sites is 2. The Bertz CT molecular complexity index is 977. The second-order valence-corrected chi connectivity index (χ2v) is 6.45. The molecule has 5 nitrogen and oxygen atoms in total. The van der Waals surface area contributed by atoms with Crippen molar-refractivity contribution in [1.29, 1.82) is 0 Å². The fraction of sp³-hybridized carbons (Fsp3) is 0.130. The number of rotatable bonds is 8. The van der Waals surface area contributed by atoms with Crippen LogP contribution in [0.2, 0.25) is 0 Å². The van der Waals surface area contributed by atoms with E-state index < -0.39 is 0 Å². The molecule has 3 aromatic carbocycles. The third-order valence-electron chi connectivity index (χ3n) is 4.21. The molecule has 0 heterocycles. The lowest BCUT2D eigenvalue weighted by Crippen LogP contribution is -2.35. The van der Waals surface area contributed by atoms with Gasteiger partial charge in [-0.15, -0.1) is 0 Å². The Morgan fingerprint density at radius 2 is 1.52 bits per heavy atom. The summed E-state index contributed by atoms with van der Waals surface area (Å²) in [7, 11) is 0. The molecule has 148 valence electrons. The maximum absolute atomic E-state index is 13.2. The molecule has 0 atom stereocenters. The summed E-state index contributed by atoms with van der Waals surface area (Å²) in [5.74, 6) is -0.829. The van der Waals surface area contributed by atoms with Crippen LogP contribution >= 0.6 is 0 Å². The minimum Gasteiger partial charge on any atom is -0.355 e. The highest BCUT2D eigenvalue weighted by Crippen LogP contribution is 2.20. The number of carbonyl (C=O) groups excluding carboxylic acids is 2. The zero-order valence-corrected chi connectivity index (χ0v) is 15.8. The average Bonchev–Trinajstić information content (AvgIpc) is 2.72. The molecule has 0 aromatic heterocycles. The van der Waals surface area contributed by atoms with Gasteiger partial charge in [-0.1, -0.05) is 42.5 Å². The molecule has 0 fully saturated rings. The Balaban J connectivity index is 1.48. The molecule has 0 spiro atoms. The average molecular weight is 391 g/mol. The van der Waals surface area contributed by atoms with Gasteiger partial charge in [-0.3, -0.25) is 9.59 Å². The topological polar surface area (TPSA) is 70.2 Å². The monoisotopic (exact) mass is 391 g/mol. The highest BCUT2D eigenvalue weighted by molar-refractivity contribution is 6.00. The SMILES string of the molecule is O=C(Cc1cccc(F)c1)NCCNC(=O)c1ccccc1Nc1ccccc1. The molecule has 0 bridgehead atoms. The summed E-state index contributed by atoms with van der Waals surface area (Å²) >= 11 is 0. The molecule has 0 saturated carbocycles. The third kappa shape index (κ3) is 6.17. The van der Waals surface area contributed by atoms with Crippen LogP contribution in [0.15, 0.2) is 78.9 Å². The van der Waals surface area contributed by atoms with Gasteiger partial charge < -0.3 is 16.0 Å². The van der Waals surface area contributed by atoms with Gasteiger partial charge >= 0.3 is 0 Å². The van der Waals surface area contributed by atoms with Crippen LogP contribution in [-0.4, -0.2) is 24.9 Å². The largest absolute Gasteiger partial charge is 0.355 e. The van der Waals surface area contributed by atoms with Gasteiger partial charge in [0.05, 0.1) is 17.7 Å². The number of carbonyl (C=O) groups is 2. The number of anilines is 2. The standard InChI is InChI=1S/C23H22FN3O2/c24-18-8-6-7-17(15-18)16-22(28)25-13-14-26-23(29)20-11-4-5-12-21(20)27-19-9-2-1-3-10-19/h1-12,15,27H,13-14,16H2,(H,25,28)(H,26,29). The molecule has 0 aliphatic heterocycles. The lowest BCUT2D eigenvalue weighted by atomic mass is 10.1. The molecule has 2 amide bonds. The smallest absolute Gasteiger partial charge is 0.253 e. The molecular formula is C23H22FN3O2. The van der Waals surface area contributed by atoms with Crippen molar-refractivity contribution >= 4 is 23.2 Å². The summed E-state index contributed by atoms with van der Waals surface area (Å²) in [5, 5.41) is 8.75. The van der Waals surface area contributed by atoms with Gasteiger partial charge in [0, 0.05) is 18.8 Å². The zero-order valence-electron chi connectivity index (χ0n) is 15.8. The number of hydrogen-bond donors (Lipinski definition) is 3. The number of halogens is 1. The first-order chi connectivity index (χ1) is 14.1. The van der Waals surface area contributed by atoms with Crippen LogP contribution in [0.4, 0.5) is 15.8 Å². The minimum atomic E-state index is -0.370. The zero-order chi connectivity index (χ0) is 20.5. The van der Waals surface area contributed by atoms with E-state index >= 15 is 0 Å². The van der Waals surface area contributed by atoms with Crippen LogP contribution in [0.1, 0.15) is 15.9 Å². The van der Waals surface area contributed by atoms with E-state index in [0.29, 0.717) is 16.8 Å².